The molecule has 1 atom stereocenters. The normalized spacial score (nSPS) is 15.7. The number of ether oxygens (including phenoxy) is 1. The molecule has 1 unspecified atom stereocenters. The van der Waals surface area contributed by atoms with Crippen LogP contribution in [0.25, 0.3) is 0 Å². The molecule has 26 heavy (non-hydrogen) atoms. The van der Waals surface area contributed by atoms with Gasteiger partial charge in [-0.05, 0) is 30.7 Å². The fraction of sp³-hybridized carbons (Fsp3) is 0.294. The fourth-order valence-corrected chi connectivity index (χ4v) is 2.78. The highest BCUT2D eigenvalue weighted by atomic mass is 35.5. The quantitative estimate of drug-likeness (QED) is 0.814. The van der Waals surface area contributed by atoms with E-state index >= 15 is 0 Å². The summed E-state index contributed by atoms with van der Waals surface area (Å²) < 4.78 is 42.9. The second-order valence-electron chi connectivity index (χ2n) is 5.78. The van der Waals surface area contributed by atoms with Crippen molar-refractivity contribution in [2.75, 3.05) is 23.4 Å². The van der Waals surface area contributed by atoms with Crippen molar-refractivity contribution >= 4 is 29.2 Å². The van der Waals surface area contributed by atoms with E-state index in [0.717, 1.165) is 17.8 Å². The van der Waals surface area contributed by atoms with Gasteiger partial charge in [0.2, 0.25) is 0 Å². The first-order chi connectivity index (χ1) is 12.3. The number of benzene rings is 1. The highest BCUT2D eigenvalue weighted by Crippen LogP contribution is 2.33. The van der Waals surface area contributed by atoms with Gasteiger partial charge in [0, 0.05) is 17.9 Å². The Labute approximate surface area is 152 Å². The van der Waals surface area contributed by atoms with E-state index in [1.807, 2.05) is 19.1 Å². The third-order valence-electron chi connectivity index (χ3n) is 3.99. The van der Waals surface area contributed by atoms with E-state index in [2.05, 4.69) is 10.3 Å². The lowest BCUT2D eigenvalue weighted by atomic mass is 10.1. The Morgan fingerprint density at radius 3 is 2.54 bits per heavy atom. The lowest BCUT2D eigenvalue weighted by Crippen LogP contribution is -2.23. The largest absolute Gasteiger partial charge is 0.447 e. The van der Waals surface area contributed by atoms with Gasteiger partial charge < -0.3 is 10.1 Å². The number of nitrogens with one attached hydrogen (secondary N) is 1. The van der Waals surface area contributed by atoms with E-state index in [1.165, 1.54) is 4.90 Å². The summed E-state index contributed by atoms with van der Waals surface area (Å²) in [6, 6.07) is 7.78. The van der Waals surface area contributed by atoms with E-state index in [1.54, 1.807) is 12.1 Å². The van der Waals surface area contributed by atoms with Crippen LogP contribution >= 0.6 is 11.6 Å². The molecule has 0 radical (unpaired) electrons. The Kier molecular flexibility index (Phi) is 4.95. The summed E-state index contributed by atoms with van der Waals surface area (Å²) in [5, 5.41) is 2.88. The molecule has 0 saturated carbocycles. The van der Waals surface area contributed by atoms with Crippen LogP contribution < -0.4 is 10.2 Å². The molecule has 2 heterocycles. The highest BCUT2D eigenvalue weighted by molar-refractivity contribution is 6.33. The lowest BCUT2D eigenvalue weighted by molar-refractivity contribution is -0.137. The van der Waals surface area contributed by atoms with Crippen LogP contribution in [-0.2, 0) is 10.9 Å². The first kappa shape index (κ1) is 18.3. The van der Waals surface area contributed by atoms with Gasteiger partial charge in [0.15, 0.2) is 0 Å². The van der Waals surface area contributed by atoms with Crippen molar-refractivity contribution in [1.29, 1.82) is 0 Å². The number of nitrogens with zero attached hydrogens (tertiary/aromatic N) is 2. The number of amides is 1. The van der Waals surface area contributed by atoms with E-state index in [9.17, 15) is 18.0 Å². The lowest BCUT2D eigenvalue weighted by Gasteiger charge is -2.18. The van der Waals surface area contributed by atoms with Crippen LogP contribution in [-0.4, -0.2) is 24.2 Å². The average Bonchev–Trinajstić information content (AvgIpc) is 3.02. The maximum absolute atomic E-state index is 12.7. The van der Waals surface area contributed by atoms with Crippen molar-refractivity contribution in [1.82, 2.24) is 4.98 Å². The van der Waals surface area contributed by atoms with Crippen LogP contribution in [0.2, 0.25) is 5.02 Å². The SMILES string of the molecule is CC(Nc1ncc(C(F)(F)F)cc1Cl)c1ccc(N2CCOC2=O)cc1. The van der Waals surface area contributed by atoms with Gasteiger partial charge in [0.1, 0.15) is 12.4 Å². The molecule has 1 amide bonds. The molecule has 0 spiro atoms. The minimum atomic E-state index is -4.49. The summed E-state index contributed by atoms with van der Waals surface area (Å²) in [5.41, 5.74) is 0.677. The smallest absolute Gasteiger partial charge is 0.417 e. The van der Waals surface area contributed by atoms with Crippen LogP contribution in [0.3, 0.4) is 0 Å². The summed E-state index contributed by atoms with van der Waals surface area (Å²) in [6.45, 7) is 2.68. The van der Waals surface area contributed by atoms with Crippen LogP contribution in [0.1, 0.15) is 24.1 Å². The number of hydrogen-bond acceptors (Lipinski definition) is 4. The average molecular weight is 386 g/mol. The van der Waals surface area contributed by atoms with Crippen LogP contribution in [0.5, 0.6) is 0 Å². The van der Waals surface area contributed by atoms with E-state index in [-0.39, 0.29) is 23.0 Å². The Morgan fingerprint density at radius 2 is 2.00 bits per heavy atom. The summed E-state index contributed by atoms with van der Waals surface area (Å²) in [7, 11) is 0. The maximum atomic E-state index is 12.7. The number of cyclic esters (lactones) is 1. The molecule has 1 N–H and O–H groups in total. The summed E-state index contributed by atoms with van der Waals surface area (Å²) in [5.74, 6) is 0.166. The second kappa shape index (κ2) is 7.03. The number of rotatable bonds is 4. The number of pyridine rings is 1. The van der Waals surface area contributed by atoms with Gasteiger partial charge in [-0.1, -0.05) is 23.7 Å². The van der Waals surface area contributed by atoms with Gasteiger partial charge >= 0.3 is 12.3 Å². The molecule has 1 aromatic carbocycles. The Bertz CT molecular complexity index is 812. The van der Waals surface area contributed by atoms with E-state index in [0.29, 0.717) is 18.8 Å². The first-order valence-electron chi connectivity index (χ1n) is 7.79. The van der Waals surface area contributed by atoms with Gasteiger partial charge in [-0.3, -0.25) is 4.90 Å². The molecular formula is C17H15ClF3N3O2. The first-order valence-corrected chi connectivity index (χ1v) is 8.17. The molecule has 1 aliphatic heterocycles. The predicted molar refractivity (Wildman–Crippen MR) is 91.4 cm³/mol. The minimum Gasteiger partial charge on any atom is -0.447 e. The molecule has 3 rings (SSSR count). The zero-order chi connectivity index (χ0) is 18.9. The van der Waals surface area contributed by atoms with Gasteiger partial charge in [-0.2, -0.15) is 13.2 Å². The highest BCUT2D eigenvalue weighted by Gasteiger charge is 2.31. The summed E-state index contributed by atoms with van der Waals surface area (Å²) in [6.07, 6.45) is -4.14. The molecule has 1 fully saturated rings. The zero-order valence-electron chi connectivity index (χ0n) is 13.7. The van der Waals surface area contributed by atoms with Crippen molar-refractivity contribution in [3.05, 3.63) is 52.7 Å². The van der Waals surface area contributed by atoms with Gasteiger partial charge in [0.25, 0.3) is 0 Å². The molecule has 138 valence electrons. The fourth-order valence-electron chi connectivity index (χ4n) is 2.56. The second-order valence-corrected chi connectivity index (χ2v) is 6.18. The number of hydrogen-bond donors (Lipinski definition) is 1. The van der Waals surface area contributed by atoms with Gasteiger partial charge in [0.05, 0.1) is 17.1 Å². The third-order valence-corrected chi connectivity index (χ3v) is 4.28. The topological polar surface area (TPSA) is 54.5 Å². The van der Waals surface area contributed by atoms with Crippen LogP contribution in [0.15, 0.2) is 36.5 Å². The number of alkyl halides is 3. The van der Waals surface area contributed by atoms with Gasteiger partial charge in [-0.15, -0.1) is 0 Å². The molecule has 1 aromatic heterocycles. The number of halogens is 4. The Balaban J connectivity index is 1.72. The number of aromatic nitrogens is 1. The zero-order valence-corrected chi connectivity index (χ0v) is 14.4. The van der Waals surface area contributed by atoms with Crippen LogP contribution in [0.4, 0.5) is 29.5 Å². The maximum Gasteiger partial charge on any atom is 0.417 e. The molecule has 1 aliphatic rings. The van der Waals surface area contributed by atoms with E-state index in [4.69, 9.17) is 16.3 Å². The number of carbonyl (C=O) groups excluding carboxylic acids is 1. The molecule has 5 nitrogen and oxygen atoms in total. The van der Waals surface area contributed by atoms with Gasteiger partial charge in [-0.25, -0.2) is 9.78 Å². The molecule has 0 aliphatic carbocycles. The predicted octanol–water partition coefficient (Wildman–Crippen LogP) is 4.88. The standard InChI is InChI=1S/C17H15ClF3N3O2/c1-10(23-15-14(18)8-12(9-22-15)17(19,20)21)11-2-4-13(5-3-11)24-6-7-26-16(24)25/h2-5,8-10H,6-7H2,1H3,(H,22,23). The molecule has 0 bridgehead atoms. The van der Waals surface area contributed by atoms with E-state index < -0.39 is 11.7 Å². The van der Waals surface area contributed by atoms with Crippen molar-refractivity contribution < 1.29 is 22.7 Å². The number of carbonyl (C=O) groups is 1. The van der Waals surface area contributed by atoms with Crippen molar-refractivity contribution in [2.45, 2.75) is 19.1 Å². The number of anilines is 2. The minimum absolute atomic E-state index is 0.108. The third kappa shape index (κ3) is 3.85. The molecule has 9 heteroatoms. The molecule has 2 aromatic rings. The monoisotopic (exact) mass is 385 g/mol. The Morgan fingerprint density at radius 1 is 1.31 bits per heavy atom. The van der Waals surface area contributed by atoms with Crippen molar-refractivity contribution in [3.8, 4) is 0 Å². The summed E-state index contributed by atoms with van der Waals surface area (Å²) in [4.78, 5) is 16.9. The summed E-state index contributed by atoms with van der Waals surface area (Å²) >= 11 is 5.91. The molecule has 1 saturated heterocycles. The van der Waals surface area contributed by atoms with Crippen molar-refractivity contribution in [3.63, 3.8) is 0 Å². The van der Waals surface area contributed by atoms with Crippen molar-refractivity contribution in [2.24, 2.45) is 0 Å². The molecular weight excluding hydrogens is 371 g/mol. The Hall–Kier alpha value is -2.48. The van der Waals surface area contributed by atoms with Crippen LogP contribution in [0, 0.1) is 0 Å².